The van der Waals surface area contributed by atoms with E-state index in [0.717, 1.165) is 13.1 Å². The van der Waals surface area contributed by atoms with Gasteiger partial charge in [-0.3, -0.25) is 5.43 Å². The Labute approximate surface area is 75.6 Å². The van der Waals surface area contributed by atoms with E-state index < -0.39 is 0 Å². The third-order valence-corrected chi connectivity index (χ3v) is 2.49. The minimum Gasteiger partial charge on any atom is -0.258 e. The van der Waals surface area contributed by atoms with E-state index in [-0.39, 0.29) is 0 Å². The Balaban J connectivity index is 2.56. The van der Waals surface area contributed by atoms with Crippen LogP contribution in [0.4, 0.5) is 0 Å². The summed E-state index contributed by atoms with van der Waals surface area (Å²) in [5.41, 5.74) is 5.12. The van der Waals surface area contributed by atoms with Crippen LogP contribution in [0.2, 0.25) is 0 Å². The summed E-state index contributed by atoms with van der Waals surface area (Å²) < 4.78 is 0. The van der Waals surface area contributed by atoms with Gasteiger partial charge < -0.3 is 0 Å². The average molecular weight is 168 g/mol. The molecule has 12 heavy (non-hydrogen) atoms. The van der Waals surface area contributed by atoms with Crippen molar-refractivity contribution in [3.05, 3.63) is 11.6 Å². The summed E-state index contributed by atoms with van der Waals surface area (Å²) in [5.74, 6) is 0. The monoisotopic (exact) mass is 168 g/mol. The van der Waals surface area contributed by atoms with Gasteiger partial charge in [0.15, 0.2) is 0 Å². The molecule has 70 valence electrons. The highest BCUT2D eigenvalue weighted by Gasteiger charge is 2.20. The van der Waals surface area contributed by atoms with E-state index in [9.17, 15) is 0 Å². The summed E-state index contributed by atoms with van der Waals surface area (Å²) in [7, 11) is 1.98. The van der Waals surface area contributed by atoms with Gasteiger partial charge in [0.2, 0.25) is 0 Å². The van der Waals surface area contributed by atoms with E-state index in [0.29, 0.717) is 5.41 Å². The number of rotatable bonds is 1. The smallest absolute Gasteiger partial charge is 0.0314 e. The van der Waals surface area contributed by atoms with E-state index in [1.807, 2.05) is 7.05 Å². The van der Waals surface area contributed by atoms with Crippen molar-refractivity contribution < 1.29 is 0 Å². The first-order chi connectivity index (χ1) is 5.54. The van der Waals surface area contributed by atoms with Crippen LogP contribution < -0.4 is 5.43 Å². The van der Waals surface area contributed by atoms with Crippen LogP contribution in [0.25, 0.3) is 0 Å². The zero-order valence-electron chi connectivity index (χ0n) is 8.65. The summed E-state index contributed by atoms with van der Waals surface area (Å²) in [6.07, 6.45) is 3.55. The number of hydrogen-bond acceptors (Lipinski definition) is 2. The summed E-state index contributed by atoms with van der Waals surface area (Å²) in [6.45, 7) is 9.04. The Morgan fingerprint density at radius 1 is 1.42 bits per heavy atom. The fraction of sp³-hybridized carbons (Fsp3) is 0.800. The van der Waals surface area contributed by atoms with Gasteiger partial charge in [-0.25, -0.2) is 5.01 Å². The second kappa shape index (κ2) is 3.58. The van der Waals surface area contributed by atoms with Crippen molar-refractivity contribution in [1.82, 2.24) is 10.4 Å². The van der Waals surface area contributed by atoms with E-state index >= 15 is 0 Å². The Hall–Kier alpha value is -0.340. The van der Waals surface area contributed by atoms with Crippen LogP contribution in [0.1, 0.15) is 27.2 Å². The summed E-state index contributed by atoms with van der Waals surface area (Å²) >= 11 is 0. The third kappa shape index (κ3) is 2.32. The Bertz CT molecular complexity index is 177. The van der Waals surface area contributed by atoms with Crippen LogP contribution in [0, 0.1) is 5.41 Å². The second-order valence-corrected chi connectivity index (χ2v) is 4.40. The van der Waals surface area contributed by atoms with E-state index in [1.54, 1.807) is 5.57 Å². The van der Waals surface area contributed by atoms with Crippen molar-refractivity contribution in [1.29, 1.82) is 0 Å². The maximum Gasteiger partial charge on any atom is 0.0314 e. The molecule has 0 spiro atoms. The molecule has 0 unspecified atom stereocenters. The maximum atomic E-state index is 3.16. The highest BCUT2D eigenvalue weighted by atomic mass is 15.5. The predicted molar refractivity (Wildman–Crippen MR) is 52.8 cm³/mol. The Morgan fingerprint density at radius 2 is 2.08 bits per heavy atom. The highest BCUT2D eigenvalue weighted by Crippen LogP contribution is 2.29. The average Bonchev–Trinajstić information content (AvgIpc) is 2.03. The van der Waals surface area contributed by atoms with Crippen molar-refractivity contribution in [3.63, 3.8) is 0 Å². The van der Waals surface area contributed by atoms with Gasteiger partial charge in [-0.15, -0.1) is 0 Å². The molecule has 0 saturated carbocycles. The van der Waals surface area contributed by atoms with Gasteiger partial charge in [-0.2, -0.15) is 0 Å². The largest absolute Gasteiger partial charge is 0.258 e. The summed E-state index contributed by atoms with van der Waals surface area (Å²) in [5, 5.41) is 2.23. The first kappa shape index (κ1) is 9.75. The fourth-order valence-electron chi connectivity index (χ4n) is 1.55. The molecule has 0 amide bonds. The first-order valence-corrected chi connectivity index (χ1v) is 4.66. The van der Waals surface area contributed by atoms with Crippen molar-refractivity contribution in [2.45, 2.75) is 27.2 Å². The molecule has 1 aliphatic rings. The van der Waals surface area contributed by atoms with Gasteiger partial charge in [-0.1, -0.05) is 32.4 Å². The molecular weight excluding hydrogens is 148 g/mol. The molecule has 0 atom stereocenters. The molecule has 1 rings (SSSR count). The third-order valence-electron chi connectivity index (χ3n) is 2.49. The molecule has 0 aliphatic carbocycles. The Kier molecular flexibility index (Phi) is 2.91. The standard InChI is InChI=1S/C10H20N2/c1-10(2,3)9-5-7-12(11-4)8-6-9/h5,11H,6-8H2,1-4H3. The summed E-state index contributed by atoms with van der Waals surface area (Å²) in [6, 6.07) is 0. The molecular formula is C10H20N2. The minimum absolute atomic E-state index is 0.361. The summed E-state index contributed by atoms with van der Waals surface area (Å²) in [4.78, 5) is 0. The SMILES string of the molecule is CNN1CC=C(C(C)(C)C)CC1. The van der Waals surface area contributed by atoms with Crippen LogP contribution in [-0.4, -0.2) is 25.1 Å². The lowest BCUT2D eigenvalue weighted by atomic mass is 9.83. The molecule has 1 aliphatic heterocycles. The number of nitrogens with zero attached hydrogens (tertiary/aromatic N) is 1. The van der Waals surface area contributed by atoms with Crippen molar-refractivity contribution in [2.24, 2.45) is 5.41 Å². The van der Waals surface area contributed by atoms with Crippen molar-refractivity contribution in [3.8, 4) is 0 Å². The van der Waals surface area contributed by atoms with Crippen molar-refractivity contribution in [2.75, 3.05) is 20.1 Å². The van der Waals surface area contributed by atoms with Gasteiger partial charge >= 0.3 is 0 Å². The molecule has 0 aromatic heterocycles. The van der Waals surface area contributed by atoms with Gasteiger partial charge in [0, 0.05) is 13.1 Å². The number of nitrogens with one attached hydrogen (secondary N) is 1. The van der Waals surface area contributed by atoms with Crippen LogP contribution in [0.3, 0.4) is 0 Å². The predicted octanol–water partition coefficient (Wildman–Crippen LogP) is 1.80. The van der Waals surface area contributed by atoms with E-state index in [1.165, 1.54) is 6.42 Å². The van der Waals surface area contributed by atoms with Gasteiger partial charge in [-0.05, 0) is 18.9 Å². The zero-order valence-corrected chi connectivity index (χ0v) is 8.65. The molecule has 0 saturated heterocycles. The van der Waals surface area contributed by atoms with Gasteiger partial charge in [0.25, 0.3) is 0 Å². The number of hydrazine groups is 1. The normalized spacial score (nSPS) is 20.8. The van der Waals surface area contributed by atoms with E-state index in [4.69, 9.17) is 0 Å². The lowest BCUT2D eigenvalue weighted by molar-refractivity contribution is 0.216. The fourth-order valence-corrected chi connectivity index (χ4v) is 1.55. The lowest BCUT2D eigenvalue weighted by Crippen LogP contribution is -2.39. The molecule has 1 heterocycles. The molecule has 0 aromatic rings. The maximum absolute atomic E-state index is 3.16. The van der Waals surface area contributed by atoms with Gasteiger partial charge in [0.05, 0.1) is 0 Å². The minimum atomic E-state index is 0.361. The molecule has 2 heteroatoms. The van der Waals surface area contributed by atoms with Crippen molar-refractivity contribution >= 4 is 0 Å². The molecule has 0 bridgehead atoms. The Morgan fingerprint density at radius 3 is 2.42 bits per heavy atom. The van der Waals surface area contributed by atoms with Gasteiger partial charge in [0.1, 0.15) is 0 Å². The zero-order chi connectivity index (χ0) is 9.19. The topological polar surface area (TPSA) is 15.3 Å². The quantitative estimate of drug-likeness (QED) is 0.601. The van der Waals surface area contributed by atoms with Crippen LogP contribution in [0.15, 0.2) is 11.6 Å². The lowest BCUT2D eigenvalue weighted by Gasteiger charge is -2.31. The molecule has 0 radical (unpaired) electrons. The first-order valence-electron chi connectivity index (χ1n) is 4.66. The van der Waals surface area contributed by atoms with E-state index in [2.05, 4.69) is 37.3 Å². The van der Waals surface area contributed by atoms with Crippen LogP contribution in [0.5, 0.6) is 0 Å². The highest BCUT2D eigenvalue weighted by molar-refractivity contribution is 5.14. The number of hydrogen-bond donors (Lipinski definition) is 1. The molecule has 2 nitrogen and oxygen atoms in total. The molecule has 1 N–H and O–H groups in total. The molecule has 0 fully saturated rings. The van der Waals surface area contributed by atoms with Crippen LogP contribution in [-0.2, 0) is 0 Å². The molecule has 0 aromatic carbocycles. The van der Waals surface area contributed by atoms with Crippen LogP contribution >= 0.6 is 0 Å². The second-order valence-electron chi connectivity index (χ2n) is 4.40.